The van der Waals surface area contributed by atoms with E-state index in [0.717, 1.165) is 17.8 Å². The fourth-order valence-corrected chi connectivity index (χ4v) is 4.32. The molecule has 0 spiro atoms. The van der Waals surface area contributed by atoms with Gasteiger partial charge in [-0.25, -0.2) is 0 Å². The third kappa shape index (κ3) is 4.70. The van der Waals surface area contributed by atoms with Crippen molar-refractivity contribution in [3.05, 3.63) is 83.9 Å². The summed E-state index contributed by atoms with van der Waals surface area (Å²) in [6, 6.07) is 13.5. The number of thiocarbonyl (C=S) groups is 1. The first-order chi connectivity index (χ1) is 15.8. The molecule has 4 rings (SSSR count). The number of carbonyl (C=O) groups excluding carboxylic acids is 1. The Hall–Kier alpha value is -3.40. The van der Waals surface area contributed by atoms with Crippen LogP contribution in [0.5, 0.6) is 0 Å². The van der Waals surface area contributed by atoms with Gasteiger partial charge in [0.2, 0.25) is 0 Å². The molecule has 0 radical (unpaired) electrons. The van der Waals surface area contributed by atoms with Crippen LogP contribution in [0.4, 0.5) is 13.2 Å². The number of benzene rings is 1. The van der Waals surface area contributed by atoms with Crippen molar-refractivity contribution in [2.45, 2.75) is 24.7 Å². The topological polar surface area (TPSA) is 59.4 Å². The van der Waals surface area contributed by atoms with Gasteiger partial charge in [-0.15, -0.1) is 0 Å². The minimum atomic E-state index is -4.46. The van der Waals surface area contributed by atoms with Crippen LogP contribution >= 0.6 is 12.2 Å². The van der Waals surface area contributed by atoms with Crippen molar-refractivity contribution in [3.8, 4) is 5.69 Å². The Bertz CT molecular complexity index is 1150. The third-order valence-electron chi connectivity index (χ3n) is 5.52. The lowest BCUT2D eigenvalue weighted by Gasteiger charge is -2.28. The first-order valence-electron chi connectivity index (χ1n) is 10.2. The number of nitrogens with one attached hydrogen (secondary N) is 1. The highest BCUT2D eigenvalue weighted by molar-refractivity contribution is 7.80. The predicted molar refractivity (Wildman–Crippen MR) is 120 cm³/mol. The van der Waals surface area contributed by atoms with Gasteiger partial charge in [0.25, 0.3) is 0 Å². The molecule has 33 heavy (non-hydrogen) atoms. The highest BCUT2D eigenvalue weighted by atomic mass is 32.1. The van der Waals surface area contributed by atoms with Crippen LogP contribution in [-0.2, 0) is 15.7 Å². The molecule has 10 heteroatoms. The van der Waals surface area contributed by atoms with Crippen LogP contribution in [0.25, 0.3) is 5.69 Å². The summed E-state index contributed by atoms with van der Waals surface area (Å²) >= 11 is 5.56. The van der Waals surface area contributed by atoms with Crippen LogP contribution in [0.1, 0.15) is 35.5 Å². The van der Waals surface area contributed by atoms with Gasteiger partial charge in [-0.05, 0) is 54.7 Å². The van der Waals surface area contributed by atoms with Gasteiger partial charge in [-0.3, -0.25) is 9.78 Å². The van der Waals surface area contributed by atoms with E-state index in [2.05, 4.69) is 10.3 Å². The largest absolute Gasteiger partial charge is 0.469 e. The van der Waals surface area contributed by atoms with Crippen LogP contribution < -0.4 is 5.32 Å². The van der Waals surface area contributed by atoms with E-state index in [1.807, 2.05) is 23.1 Å². The number of nitrogens with zero attached hydrogens (tertiary/aromatic N) is 3. The fraction of sp³-hybridized carbons (Fsp3) is 0.261. The van der Waals surface area contributed by atoms with Gasteiger partial charge in [-0.2, -0.15) is 13.2 Å². The predicted octanol–water partition coefficient (Wildman–Crippen LogP) is 4.43. The number of alkyl halides is 3. The highest BCUT2D eigenvalue weighted by Gasteiger charge is 2.41. The Morgan fingerprint density at radius 1 is 1.18 bits per heavy atom. The number of carbonyl (C=O) groups is 1. The van der Waals surface area contributed by atoms with Crippen molar-refractivity contribution in [3.63, 3.8) is 0 Å². The molecule has 0 bridgehead atoms. The van der Waals surface area contributed by atoms with E-state index >= 15 is 0 Å². The van der Waals surface area contributed by atoms with Crippen molar-refractivity contribution in [1.82, 2.24) is 19.8 Å². The first-order valence-corrected chi connectivity index (χ1v) is 10.6. The lowest BCUT2D eigenvalue weighted by atomic mass is 10.0. The van der Waals surface area contributed by atoms with Crippen LogP contribution in [0, 0.1) is 0 Å². The summed E-state index contributed by atoms with van der Waals surface area (Å²) in [4.78, 5) is 18.1. The Morgan fingerprint density at radius 3 is 2.70 bits per heavy atom. The van der Waals surface area contributed by atoms with E-state index in [9.17, 15) is 18.0 Å². The highest BCUT2D eigenvalue weighted by Crippen LogP contribution is 2.40. The van der Waals surface area contributed by atoms with Gasteiger partial charge < -0.3 is 19.5 Å². The molecule has 0 unspecified atom stereocenters. The number of rotatable bonds is 6. The van der Waals surface area contributed by atoms with Crippen molar-refractivity contribution < 1.29 is 22.7 Å². The second-order valence-electron chi connectivity index (χ2n) is 7.50. The summed E-state index contributed by atoms with van der Waals surface area (Å²) in [5.41, 5.74) is 1.07. The summed E-state index contributed by atoms with van der Waals surface area (Å²) in [6.45, 7) is 0.278. The molecule has 0 aliphatic carbocycles. The summed E-state index contributed by atoms with van der Waals surface area (Å²) in [5.74, 6) is -0.383. The monoisotopic (exact) mass is 474 g/mol. The van der Waals surface area contributed by atoms with Crippen LogP contribution in [0.3, 0.4) is 0 Å². The molecule has 3 aromatic rings. The number of aromatic nitrogens is 2. The Labute approximate surface area is 194 Å². The fourth-order valence-electron chi connectivity index (χ4n) is 3.98. The van der Waals surface area contributed by atoms with E-state index in [-0.39, 0.29) is 25.0 Å². The number of halogens is 3. The molecule has 6 nitrogen and oxygen atoms in total. The molecule has 1 fully saturated rings. The van der Waals surface area contributed by atoms with Gasteiger partial charge in [0.1, 0.15) is 0 Å². The zero-order valence-electron chi connectivity index (χ0n) is 17.6. The second-order valence-corrected chi connectivity index (χ2v) is 7.88. The minimum Gasteiger partial charge on any atom is -0.469 e. The van der Waals surface area contributed by atoms with Gasteiger partial charge in [0, 0.05) is 30.3 Å². The zero-order valence-corrected chi connectivity index (χ0v) is 18.4. The van der Waals surface area contributed by atoms with Crippen molar-refractivity contribution in [2.75, 3.05) is 13.7 Å². The molecule has 0 amide bonds. The summed E-state index contributed by atoms with van der Waals surface area (Å²) < 4.78 is 46.4. The van der Waals surface area contributed by atoms with E-state index < -0.39 is 17.8 Å². The molecular weight excluding hydrogens is 453 g/mol. The lowest BCUT2D eigenvalue weighted by Crippen LogP contribution is -2.32. The van der Waals surface area contributed by atoms with Gasteiger partial charge in [0.15, 0.2) is 5.11 Å². The van der Waals surface area contributed by atoms with E-state index in [0.29, 0.717) is 16.5 Å². The average molecular weight is 475 g/mol. The summed E-state index contributed by atoms with van der Waals surface area (Å²) in [7, 11) is 1.32. The molecule has 3 heterocycles. The normalized spacial score (nSPS) is 18.3. The lowest BCUT2D eigenvalue weighted by molar-refractivity contribution is -0.141. The van der Waals surface area contributed by atoms with Crippen LogP contribution in [0.2, 0.25) is 0 Å². The van der Waals surface area contributed by atoms with Crippen LogP contribution in [0.15, 0.2) is 67.0 Å². The number of hydrogen-bond donors (Lipinski definition) is 1. The molecule has 1 saturated heterocycles. The molecule has 1 N–H and O–H groups in total. The van der Waals surface area contributed by atoms with Crippen molar-refractivity contribution in [1.29, 1.82) is 0 Å². The number of methoxy groups -OCH3 is 1. The maximum Gasteiger partial charge on any atom is 0.416 e. The van der Waals surface area contributed by atoms with E-state index in [1.165, 1.54) is 13.2 Å². The van der Waals surface area contributed by atoms with E-state index in [1.54, 1.807) is 35.2 Å². The Balaban J connectivity index is 1.78. The third-order valence-corrected chi connectivity index (χ3v) is 5.87. The Morgan fingerprint density at radius 2 is 2.00 bits per heavy atom. The average Bonchev–Trinajstić information content (AvgIpc) is 3.41. The molecule has 1 aliphatic rings. The van der Waals surface area contributed by atoms with Crippen molar-refractivity contribution >= 4 is 23.3 Å². The maximum atomic E-state index is 13.3. The van der Waals surface area contributed by atoms with Crippen LogP contribution in [-0.4, -0.2) is 39.2 Å². The standard InChI is InChI=1S/C23H21F3N4O2S/c1-32-19(31)10-13-30-21(20(28-22(30)33)17-8-2-3-11-27-17)18-9-5-12-29(18)16-7-4-6-15(14-16)23(24,25)26/h2-9,11-12,14,20-21H,10,13H2,1H3,(H,28,33)/t20-,21+/m1/s1. The molecule has 172 valence electrons. The molecular formula is C23H21F3N4O2S. The smallest absolute Gasteiger partial charge is 0.416 e. The number of hydrogen-bond acceptors (Lipinski definition) is 4. The molecule has 2 atom stereocenters. The van der Waals surface area contributed by atoms with Crippen molar-refractivity contribution in [2.24, 2.45) is 0 Å². The maximum absolute atomic E-state index is 13.3. The summed E-state index contributed by atoms with van der Waals surface area (Å²) in [5, 5.41) is 3.69. The molecule has 1 aliphatic heterocycles. The van der Waals surface area contributed by atoms with Gasteiger partial charge in [-0.1, -0.05) is 12.1 Å². The van der Waals surface area contributed by atoms with E-state index in [4.69, 9.17) is 17.0 Å². The molecule has 1 aromatic carbocycles. The molecule has 0 saturated carbocycles. The first kappa shape index (κ1) is 22.8. The Kier molecular flexibility index (Phi) is 6.37. The minimum absolute atomic E-state index is 0.105. The quantitative estimate of drug-likeness (QED) is 0.422. The van der Waals surface area contributed by atoms with Gasteiger partial charge in [0.05, 0.1) is 36.9 Å². The number of ether oxygens (including phenoxy) is 1. The number of esters is 1. The molecule has 2 aromatic heterocycles. The summed E-state index contributed by atoms with van der Waals surface area (Å²) in [6.07, 6.45) is -0.975. The SMILES string of the molecule is COC(=O)CCN1C(=S)N[C@H](c2ccccn2)[C@@H]1c1cccn1-c1cccc(C(F)(F)F)c1. The zero-order chi connectivity index (χ0) is 23.6. The van der Waals surface area contributed by atoms with Gasteiger partial charge >= 0.3 is 12.1 Å². The second kappa shape index (κ2) is 9.22. The number of pyridine rings is 1.